The van der Waals surface area contributed by atoms with Crippen molar-refractivity contribution in [1.29, 1.82) is 0 Å². The third-order valence-electron chi connectivity index (χ3n) is 3.69. The van der Waals surface area contributed by atoms with Gasteiger partial charge in [0.2, 0.25) is 0 Å². The first-order valence-electron chi connectivity index (χ1n) is 8.17. The smallest absolute Gasteiger partial charge is 0.169 e. The van der Waals surface area contributed by atoms with Gasteiger partial charge in [0, 0.05) is 12.3 Å². The fraction of sp³-hybridized carbons (Fsp3) is 0.250. The Morgan fingerprint density at radius 2 is 1.84 bits per heavy atom. The SMILES string of the molecule is C=C(C)Cn1c(SCCOc2ccccc2OC)nc2ccccc21. The van der Waals surface area contributed by atoms with Crippen LogP contribution in [0.3, 0.4) is 0 Å². The van der Waals surface area contributed by atoms with Crippen LogP contribution in [0.5, 0.6) is 11.5 Å². The molecular formula is C20H22N2O2S. The van der Waals surface area contributed by atoms with E-state index in [9.17, 15) is 0 Å². The number of ether oxygens (including phenoxy) is 2. The summed E-state index contributed by atoms with van der Waals surface area (Å²) in [5.41, 5.74) is 3.26. The molecule has 25 heavy (non-hydrogen) atoms. The summed E-state index contributed by atoms with van der Waals surface area (Å²) in [6.45, 7) is 7.43. The molecule has 0 bridgehead atoms. The van der Waals surface area contributed by atoms with Gasteiger partial charge in [0.05, 0.1) is 24.8 Å². The van der Waals surface area contributed by atoms with Crippen LogP contribution in [0, 0.1) is 0 Å². The van der Waals surface area contributed by atoms with Crippen molar-refractivity contribution in [2.75, 3.05) is 19.5 Å². The minimum atomic E-state index is 0.585. The maximum absolute atomic E-state index is 5.84. The van der Waals surface area contributed by atoms with Crippen molar-refractivity contribution in [2.24, 2.45) is 0 Å². The van der Waals surface area contributed by atoms with Crippen molar-refractivity contribution in [1.82, 2.24) is 9.55 Å². The van der Waals surface area contributed by atoms with Gasteiger partial charge in [-0.3, -0.25) is 0 Å². The number of rotatable bonds is 8. The van der Waals surface area contributed by atoms with Gasteiger partial charge in [-0.25, -0.2) is 4.98 Å². The van der Waals surface area contributed by atoms with Gasteiger partial charge in [-0.1, -0.05) is 48.2 Å². The molecule has 130 valence electrons. The lowest BCUT2D eigenvalue weighted by molar-refractivity contribution is 0.313. The summed E-state index contributed by atoms with van der Waals surface area (Å²) in [5.74, 6) is 2.32. The van der Waals surface area contributed by atoms with Crippen molar-refractivity contribution in [3.05, 3.63) is 60.7 Å². The molecule has 0 N–H and O–H groups in total. The Labute approximate surface area is 152 Å². The molecule has 0 saturated heterocycles. The number of benzene rings is 2. The molecule has 0 aliphatic heterocycles. The second-order valence-corrected chi connectivity index (χ2v) is 6.84. The average molecular weight is 354 g/mol. The van der Waals surface area contributed by atoms with Crippen molar-refractivity contribution in [3.8, 4) is 11.5 Å². The first-order chi connectivity index (χ1) is 12.2. The minimum absolute atomic E-state index is 0.585. The van der Waals surface area contributed by atoms with E-state index in [0.717, 1.165) is 45.6 Å². The van der Waals surface area contributed by atoms with E-state index in [4.69, 9.17) is 14.5 Å². The normalized spacial score (nSPS) is 10.8. The minimum Gasteiger partial charge on any atom is -0.493 e. The zero-order valence-electron chi connectivity index (χ0n) is 14.6. The van der Waals surface area contributed by atoms with E-state index < -0.39 is 0 Å². The van der Waals surface area contributed by atoms with Crippen LogP contribution in [0.4, 0.5) is 0 Å². The number of aromatic nitrogens is 2. The van der Waals surface area contributed by atoms with E-state index in [2.05, 4.69) is 17.2 Å². The van der Waals surface area contributed by atoms with Crippen LogP contribution in [-0.2, 0) is 6.54 Å². The highest BCUT2D eigenvalue weighted by Gasteiger charge is 2.11. The molecule has 3 aromatic rings. The summed E-state index contributed by atoms with van der Waals surface area (Å²) >= 11 is 1.69. The molecule has 0 aliphatic rings. The number of hydrogen-bond donors (Lipinski definition) is 0. The number of para-hydroxylation sites is 4. The van der Waals surface area contributed by atoms with Crippen LogP contribution in [0.2, 0.25) is 0 Å². The number of fused-ring (bicyclic) bond motifs is 1. The van der Waals surface area contributed by atoms with Crippen LogP contribution in [0.15, 0.2) is 65.8 Å². The molecule has 4 nitrogen and oxygen atoms in total. The summed E-state index contributed by atoms with van der Waals surface area (Å²) in [6, 6.07) is 15.9. The quantitative estimate of drug-likeness (QED) is 0.331. The summed E-state index contributed by atoms with van der Waals surface area (Å²) in [7, 11) is 1.65. The summed E-state index contributed by atoms with van der Waals surface area (Å²) in [5, 5.41) is 0.993. The molecule has 0 saturated carbocycles. The van der Waals surface area contributed by atoms with Crippen molar-refractivity contribution in [2.45, 2.75) is 18.6 Å². The molecular weight excluding hydrogens is 332 g/mol. The Hall–Kier alpha value is -2.40. The van der Waals surface area contributed by atoms with Crippen LogP contribution in [0.25, 0.3) is 11.0 Å². The average Bonchev–Trinajstić information content (AvgIpc) is 2.96. The van der Waals surface area contributed by atoms with Gasteiger partial charge in [0.15, 0.2) is 16.7 Å². The van der Waals surface area contributed by atoms with Crippen molar-refractivity contribution < 1.29 is 9.47 Å². The first kappa shape index (κ1) is 17.4. The third kappa shape index (κ3) is 4.17. The lowest BCUT2D eigenvalue weighted by Crippen LogP contribution is -2.04. The molecule has 0 atom stereocenters. The van der Waals surface area contributed by atoms with E-state index in [1.807, 2.05) is 49.4 Å². The van der Waals surface area contributed by atoms with Crippen LogP contribution in [0.1, 0.15) is 6.92 Å². The molecule has 3 rings (SSSR count). The third-order valence-corrected chi connectivity index (χ3v) is 4.63. The monoisotopic (exact) mass is 354 g/mol. The number of methoxy groups -OCH3 is 1. The molecule has 0 radical (unpaired) electrons. The summed E-state index contributed by atoms with van der Waals surface area (Å²) in [6.07, 6.45) is 0. The number of nitrogens with zero attached hydrogens (tertiary/aromatic N) is 2. The highest BCUT2D eigenvalue weighted by Crippen LogP contribution is 2.27. The molecule has 0 unspecified atom stereocenters. The predicted octanol–water partition coefficient (Wildman–Crippen LogP) is 4.79. The van der Waals surface area contributed by atoms with E-state index in [-0.39, 0.29) is 0 Å². The fourth-order valence-corrected chi connectivity index (χ4v) is 3.44. The second kappa shape index (κ2) is 8.12. The zero-order valence-corrected chi connectivity index (χ0v) is 15.4. The maximum atomic E-state index is 5.84. The van der Waals surface area contributed by atoms with Gasteiger partial charge >= 0.3 is 0 Å². The van der Waals surface area contributed by atoms with Crippen molar-refractivity contribution >= 4 is 22.8 Å². The Morgan fingerprint density at radius 1 is 1.12 bits per heavy atom. The molecule has 0 aliphatic carbocycles. The number of allylic oxidation sites excluding steroid dienone is 1. The van der Waals surface area contributed by atoms with E-state index in [1.165, 1.54) is 0 Å². The Bertz CT molecular complexity index is 873. The standard InChI is InChI=1S/C20H22N2O2S/c1-15(2)14-22-17-9-5-4-8-16(17)21-20(22)25-13-12-24-19-11-7-6-10-18(19)23-3/h4-11H,1,12-14H2,2-3H3. The summed E-state index contributed by atoms with van der Waals surface area (Å²) < 4.78 is 13.4. The number of hydrogen-bond acceptors (Lipinski definition) is 4. The van der Waals surface area contributed by atoms with Gasteiger partial charge in [0.1, 0.15) is 0 Å². The second-order valence-electron chi connectivity index (χ2n) is 5.77. The van der Waals surface area contributed by atoms with Crippen LogP contribution < -0.4 is 9.47 Å². The van der Waals surface area contributed by atoms with Gasteiger partial charge in [-0.2, -0.15) is 0 Å². The molecule has 5 heteroatoms. The highest BCUT2D eigenvalue weighted by molar-refractivity contribution is 7.99. The Kier molecular flexibility index (Phi) is 5.66. The topological polar surface area (TPSA) is 36.3 Å². The molecule has 2 aromatic carbocycles. The molecule has 1 heterocycles. The number of thioether (sulfide) groups is 1. The fourth-order valence-electron chi connectivity index (χ4n) is 2.61. The largest absolute Gasteiger partial charge is 0.493 e. The lowest BCUT2D eigenvalue weighted by atomic mass is 10.3. The lowest BCUT2D eigenvalue weighted by Gasteiger charge is -2.11. The zero-order chi connectivity index (χ0) is 17.6. The van der Waals surface area contributed by atoms with Gasteiger partial charge in [0.25, 0.3) is 0 Å². The molecule has 1 aromatic heterocycles. The molecule has 0 fully saturated rings. The van der Waals surface area contributed by atoms with E-state index in [1.54, 1.807) is 18.9 Å². The van der Waals surface area contributed by atoms with Crippen LogP contribution >= 0.6 is 11.8 Å². The van der Waals surface area contributed by atoms with Crippen LogP contribution in [-0.4, -0.2) is 29.0 Å². The highest BCUT2D eigenvalue weighted by atomic mass is 32.2. The molecule has 0 amide bonds. The van der Waals surface area contributed by atoms with Gasteiger partial charge in [-0.15, -0.1) is 0 Å². The molecule has 0 spiro atoms. The van der Waals surface area contributed by atoms with Gasteiger partial charge < -0.3 is 14.0 Å². The van der Waals surface area contributed by atoms with Gasteiger partial charge in [-0.05, 0) is 31.2 Å². The summed E-state index contributed by atoms with van der Waals surface area (Å²) in [4.78, 5) is 4.75. The number of imidazole rings is 1. The first-order valence-corrected chi connectivity index (χ1v) is 9.16. The predicted molar refractivity (Wildman–Crippen MR) is 104 cm³/mol. The Balaban J connectivity index is 1.67. The Morgan fingerprint density at radius 3 is 2.60 bits per heavy atom. The van der Waals surface area contributed by atoms with E-state index in [0.29, 0.717) is 6.61 Å². The van der Waals surface area contributed by atoms with Crippen molar-refractivity contribution in [3.63, 3.8) is 0 Å². The maximum Gasteiger partial charge on any atom is 0.169 e. The van der Waals surface area contributed by atoms with E-state index >= 15 is 0 Å².